The average Bonchev–Trinajstić information content (AvgIpc) is 2.80. The largest absolute Gasteiger partial charge is 0.393 e. The summed E-state index contributed by atoms with van der Waals surface area (Å²) < 4.78 is 2.01. The Morgan fingerprint density at radius 2 is 2.05 bits per heavy atom. The van der Waals surface area contributed by atoms with Crippen LogP contribution in [0.5, 0.6) is 0 Å². The van der Waals surface area contributed by atoms with Crippen molar-refractivity contribution >= 4 is 0 Å². The van der Waals surface area contributed by atoms with Crippen LogP contribution in [-0.2, 0) is 19.9 Å². The van der Waals surface area contributed by atoms with Crippen LogP contribution in [0.3, 0.4) is 0 Å². The molecule has 0 radical (unpaired) electrons. The number of benzene rings is 1. The summed E-state index contributed by atoms with van der Waals surface area (Å²) in [5, 5.41) is 10.0. The summed E-state index contributed by atoms with van der Waals surface area (Å²) in [5.74, 6) is 1.04. The first kappa shape index (κ1) is 13.8. The molecule has 0 aliphatic carbocycles. The zero-order valence-corrected chi connectivity index (χ0v) is 11.7. The van der Waals surface area contributed by atoms with E-state index in [1.165, 1.54) is 11.1 Å². The zero-order chi connectivity index (χ0) is 13.7. The molecule has 19 heavy (non-hydrogen) atoms. The van der Waals surface area contributed by atoms with E-state index in [1.54, 1.807) is 6.20 Å². The molecular formula is C16H22N2O. The van der Waals surface area contributed by atoms with Gasteiger partial charge >= 0.3 is 0 Å². The highest BCUT2D eigenvalue weighted by Crippen LogP contribution is 2.11. The fourth-order valence-corrected chi connectivity index (χ4v) is 2.28. The number of nitrogens with zero attached hydrogens (tertiary/aromatic N) is 2. The first-order valence-electron chi connectivity index (χ1n) is 6.85. The maximum atomic E-state index is 10.0. The summed E-state index contributed by atoms with van der Waals surface area (Å²) in [6.07, 6.45) is 6.84. The molecule has 0 aliphatic heterocycles. The summed E-state index contributed by atoms with van der Waals surface area (Å²) in [6.45, 7) is 2.10. The van der Waals surface area contributed by atoms with E-state index in [0.717, 1.165) is 31.5 Å². The molecule has 2 aromatic rings. The molecule has 0 spiro atoms. The van der Waals surface area contributed by atoms with Gasteiger partial charge in [-0.05, 0) is 31.7 Å². The predicted molar refractivity (Wildman–Crippen MR) is 77.0 cm³/mol. The van der Waals surface area contributed by atoms with Gasteiger partial charge in [-0.2, -0.15) is 0 Å². The second-order valence-electron chi connectivity index (χ2n) is 5.17. The molecule has 3 nitrogen and oxygen atoms in total. The first-order chi connectivity index (χ1) is 9.15. The van der Waals surface area contributed by atoms with E-state index in [-0.39, 0.29) is 6.10 Å². The summed E-state index contributed by atoms with van der Waals surface area (Å²) in [6, 6.07) is 8.48. The van der Waals surface area contributed by atoms with Gasteiger partial charge in [-0.1, -0.05) is 29.8 Å². The number of imidazole rings is 1. The van der Waals surface area contributed by atoms with Gasteiger partial charge in [0, 0.05) is 25.9 Å². The molecule has 0 fully saturated rings. The molecule has 2 rings (SSSR count). The average molecular weight is 258 g/mol. The lowest BCUT2D eigenvalue weighted by Crippen LogP contribution is -2.11. The Morgan fingerprint density at radius 3 is 2.74 bits per heavy atom. The summed E-state index contributed by atoms with van der Waals surface area (Å²) in [4.78, 5) is 4.27. The van der Waals surface area contributed by atoms with Crippen LogP contribution < -0.4 is 0 Å². The molecule has 1 atom stereocenters. The number of aliphatic hydroxyl groups excluding tert-OH is 1. The van der Waals surface area contributed by atoms with Crippen LogP contribution in [0.2, 0.25) is 0 Å². The van der Waals surface area contributed by atoms with Crippen molar-refractivity contribution < 1.29 is 5.11 Å². The molecule has 1 aromatic carbocycles. The minimum atomic E-state index is -0.253. The van der Waals surface area contributed by atoms with Crippen LogP contribution >= 0.6 is 0 Å². The van der Waals surface area contributed by atoms with Gasteiger partial charge in [-0.15, -0.1) is 0 Å². The Hall–Kier alpha value is -1.61. The molecule has 1 aromatic heterocycles. The van der Waals surface area contributed by atoms with Crippen molar-refractivity contribution in [3.63, 3.8) is 0 Å². The number of aromatic nitrogens is 2. The van der Waals surface area contributed by atoms with E-state index < -0.39 is 0 Å². The van der Waals surface area contributed by atoms with Crippen molar-refractivity contribution in [2.45, 2.75) is 38.7 Å². The highest BCUT2D eigenvalue weighted by molar-refractivity contribution is 5.22. The van der Waals surface area contributed by atoms with E-state index in [2.05, 4.69) is 36.2 Å². The summed E-state index contributed by atoms with van der Waals surface area (Å²) in [5.41, 5.74) is 2.58. The number of aliphatic hydroxyl groups is 1. The fourth-order valence-electron chi connectivity index (χ4n) is 2.28. The molecule has 0 amide bonds. The molecular weight excluding hydrogens is 236 g/mol. The molecule has 0 saturated heterocycles. The summed E-state index contributed by atoms with van der Waals surface area (Å²) >= 11 is 0. The first-order valence-corrected chi connectivity index (χ1v) is 6.85. The Kier molecular flexibility index (Phi) is 4.74. The second kappa shape index (κ2) is 6.53. The summed E-state index contributed by atoms with van der Waals surface area (Å²) in [7, 11) is 1.99. The van der Waals surface area contributed by atoms with Gasteiger partial charge in [0.05, 0.1) is 6.10 Å². The highest BCUT2D eigenvalue weighted by Gasteiger charge is 2.07. The van der Waals surface area contributed by atoms with Gasteiger partial charge in [0.1, 0.15) is 5.82 Å². The van der Waals surface area contributed by atoms with Crippen molar-refractivity contribution in [1.29, 1.82) is 0 Å². The number of rotatable bonds is 6. The van der Waals surface area contributed by atoms with E-state index in [9.17, 15) is 5.11 Å². The molecule has 1 N–H and O–H groups in total. The third kappa shape index (κ3) is 4.21. The van der Waals surface area contributed by atoms with Crippen LogP contribution in [0, 0.1) is 6.92 Å². The van der Waals surface area contributed by atoms with Crippen LogP contribution in [0.1, 0.15) is 29.8 Å². The third-order valence-corrected chi connectivity index (χ3v) is 3.47. The molecule has 0 aliphatic rings. The van der Waals surface area contributed by atoms with Crippen LogP contribution in [0.25, 0.3) is 0 Å². The number of hydrogen-bond acceptors (Lipinski definition) is 2. The van der Waals surface area contributed by atoms with Gasteiger partial charge in [0.2, 0.25) is 0 Å². The second-order valence-corrected chi connectivity index (χ2v) is 5.17. The lowest BCUT2D eigenvalue weighted by molar-refractivity contribution is 0.154. The van der Waals surface area contributed by atoms with E-state index in [4.69, 9.17) is 0 Å². The maximum Gasteiger partial charge on any atom is 0.108 e. The van der Waals surface area contributed by atoms with E-state index in [1.807, 2.05) is 17.8 Å². The molecule has 3 heteroatoms. The van der Waals surface area contributed by atoms with Gasteiger partial charge in [0.25, 0.3) is 0 Å². The molecule has 1 unspecified atom stereocenters. The minimum absolute atomic E-state index is 0.253. The predicted octanol–water partition coefficient (Wildman–Crippen LogP) is 2.65. The van der Waals surface area contributed by atoms with Crippen molar-refractivity contribution in [2.24, 2.45) is 7.05 Å². The lowest BCUT2D eigenvalue weighted by atomic mass is 10.0. The Bertz CT molecular complexity index is 519. The van der Waals surface area contributed by atoms with Crippen LogP contribution in [0.4, 0.5) is 0 Å². The SMILES string of the molecule is Cc1cccc(CCC(O)CCc2nccn2C)c1. The topological polar surface area (TPSA) is 38.1 Å². The van der Waals surface area contributed by atoms with E-state index >= 15 is 0 Å². The number of hydrogen-bond donors (Lipinski definition) is 1. The smallest absolute Gasteiger partial charge is 0.108 e. The monoisotopic (exact) mass is 258 g/mol. The lowest BCUT2D eigenvalue weighted by Gasteiger charge is -2.10. The Labute approximate surface area is 114 Å². The third-order valence-electron chi connectivity index (χ3n) is 3.47. The van der Waals surface area contributed by atoms with Gasteiger partial charge in [-0.25, -0.2) is 4.98 Å². The van der Waals surface area contributed by atoms with Gasteiger partial charge in [0.15, 0.2) is 0 Å². The quantitative estimate of drug-likeness (QED) is 0.865. The molecule has 1 heterocycles. The minimum Gasteiger partial charge on any atom is -0.393 e. The number of aryl methyl sites for hydroxylation is 4. The van der Waals surface area contributed by atoms with Crippen molar-refractivity contribution in [2.75, 3.05) is 0 Å². The zero-order valence-electron chi connectivity index (χ0n) is 11.7. The normalized spacial score (nSPS) is 12.6. The highest BCUT2D eigenvalue weighted by atomic mass is 16.3. The molecule has 0 bridgehead atoms. The van der Waals surface area contributed by atoms with Crippen molar-refractivity contribution in [3.05, 3.63) is 53.6 Å². The standard InChI is InChI=1S/C16H22N2O/c1-13-4-3-5-14(12-13)6-7-15(19)8-9-16-17-10-11-18(16)2/h3-5,10-12,15,19H,6-9H2,1-2H3. The van der Waals surface area contributed by atoms with Crippen molar-refractivity contribution in [3.8, 4) is 0 Å². The molecule has 102 valence electrons. The van der Waals surface area contributed by atoms with E-state index in [0.29, 0.717) is 0 Å². The van der Waals surface area contributed by atoms with Gasteiger partial charge < -0.3 is 9.67 Å². The van der Waals surface area contributed by atoms with Crippen LogP contribution in [-0.4, -0.2) is 20.8 Å². The fraction of sp³-hybridized carbons (Fsp3) is 0.438. The van der Waals surface area contributed by atoms with Crippen molar-refractivity contribution in [1.82, 2.24) is 9.55 Å². The maximum absolute atomic E-state index is 10.0. The van der Waals surface area contributed by atoms with Crippen LogP contribution in [0.15, 0.2) is 36.7 Å². The Balaban J connectivity index is 1.76. The van der Waals surface area contributed by atoms with Gasteiger partial charge in [-0.3, -0.25) is 0 Å². The Morgan fingerprint density at radius 1 is 1.26 bits per heavy atom. The molecule has 0 saturated carbocycles.